The lowest BCUT2D eigenvalue weighted by atomic mass is 10.2. The van der Waals surface area contributed by atoms with E-state index < -0.39 is 6.10 Å². The third-order valence-electron chi connectivity index (χ3n) is 3.61. The van der Waals surface area contributed by atoms with E-state index in [0.717, 1.165) is 18.5 Å². The highest BCUT2D eigenvalue weighted by Crippen LogP contribution is 2.32. The summed E-state index contributed by atoms with van der Waals surface area (Å²) in [5.74, 6) is 0.357. The second-order valence-electron chi connectivity index (χ2n) is 5.28. The summed E-state index contributed by atoms with van der Waals surface area (Å²) < 4.78 is 1.73. The first-order valence-corrected chi connectivity index (χ1v) is 7.32. The number of urea groups is 1. The number of aliphatic hydroxyl groups is 1. The SMILES string of the molecule is CN(CC(O)C1CC1)C(=O)NCc1cc(Cl)c(Cl)n1C. The van der Waals surface area contributed by atoms with E-state index in [1.807, 2.05) is 0 Å². The molecule has 1 aliphatic carbocycles. The molecule has 0 aliphatic heterocycles. The van der Waals surface area contributed by atoms with Gasteiger partial charge in [-0.25, -0.2) is 4.79 Å². The molecule has 1 aromatic heterocycles. The number of likely N-dealkylation sites (N-methyl/N-ethyl adjacent to an activating group) is 1. The molecular weight excluding hydrogens is 301 g/mol. The number of carbonyl (C=O) groups is 1. The molecule has 112 valence electrons. The van der Waals surface area contributed by atoms with E-state index in [1.165, 1.54) is 4.90 Å². The predicted molar refractivity (Wildman–Crippen MR) is 79.0 cm³/mol. The quantitative estimate of drug-likeness (QED) is 0.874. The highest BCUT2D eigenvalue weighted by Gasteiger charge is 2.31. The van der Waals surface area contributed by atoms with Gasteiger partial charge in [0.05, 0.1) is 17.7 Å². The zero-order valence-corrected chi connectivity index (χ0v) is 13.1. The summed E-state index contributed by atoms with van der Waals surface area (Å²) in [4.78, 5) is 13.4. The van der Waals surface area contributed by atoms with E-state index in [9.17, 15) is 9.90 Å². The van der Waals surface area contributed by atoms with Gasteiger partial charge in [0.2, 0.25) is 0 Å². The maximum absolute atomic E-state index is 11.9. The predicted octanol–water partition coefficient (Wildman–Crippen LogP) is 2.24. The number of hydrogen-bond donors (Lipinski definition) is 2. The van der Waals surface area contributed by atoms with Crippen molar-refractivity contribution in [3.05, 3.63) is 21.9 Å². The van der Waals surface area contributed by atoms with Crippen LogP contribution in [0, 0.1) is 5.92 Å². The van der Waals surface area contributed by atoms with Gasteiger partial charge >= 0.3 is 6.03 Å². The third kappa shape index (κ3) is 3.59. The van der Waals surface area contributed by atoms with Crippen LogP contribution >= 0.6 is 23.2 Å². The first kappa shape index (κ1) is 15.5. The fourth-order valence-corrected chi connectivity index (χ4v) is 2.47. The molecule has 2 N–H and O–H groups in total. The maximum atomic E-state index is 11.9. The molecule has 1 unspecified atom stereocenters. The van der Waals surface area contributed by atoms with Gasteiger partial charge in [-0.1, -0.05) is 23.2 Å². The van der Waals surface area contributed by atoms with E-state index in [4.69, 9.17) is 23.2 Å². The number of nitrogens with zero attached hydrogens (tertiary/aromatic N) is 2. The number of hydrogen-bond acceptors (Lipinski definition) is 2. The minimum absolute atomic E-state index is 0.224. The van der Waals surface area contributed by atoms with Crippen molar-refractivity contribution >= 4 is 29.2 Å². The van der Waals surface area contributed by atoms with E-state index in [-0.39, 0.29) is 6.03 Å². The second kappa shape index (κ2) is 6.24. The summed E-state index contributed by atoms with van der Waals surface area (Å²) in [7, 11) is 3.46. The van der Waals surface area contributed by atoms with Gasteiger partial charge in [-0.05, 0) is 24.8 Å². The van der Waals surface area contributed by atoms with Gasteiger partial charge in [0.1, 0.15) is 5.15 Å². The molecule has 0 bridgehead atoms. The van der Waals surface area contributed by atoms with E-state index in [0.29, 0.717) is 29.2 Å². The molecule has 1 atom stereocenters. The molecule has 2 rings (SSSR count). The van der Waals surface area contributed by atoms with Gasteiger partial charge in [0, 0.05) is 26.3 Å². The molecular formula is C13H19Cl2N3O2. The van der Waals surface area contributed by atoms with E-state index >= 15 is 0 Å². The molecule has 1 aliphatic rings. The van der Waals surface area contributed by atoms with Crippen LogP contribution in [0.5, 0.6) is 0 Å². The standard InChI is InChI=1S/C13H19Cl2N3O2/c1-17(7-11(19)8-3-4-8)13(20)16-6-9-5-10(14)12(15)18(9)2/h5,8,11,19H,3-4,6-7H2,1-2H3,(H,16,20). The van der Waals surface area contributed by atoms with Crippen LogP contribution in [0.15, 0.2) is 6.07 Å². The van der Waals surface area contributed by atoms with Gasteiger partial charge in [-0.15, -0.1) is 0 Å². The Labute approximate surface area is 128 Å². The second-order valence-corrected chi connectivity index (χ2v) is 6.04. The van der Waals surface area contributed by atoms with Crippen LogP contribution in [0.4, 0.5) is 4.79 Å². The normalized spacial score (nSPS) is 16.1. The van der Waals surface area contributed by atoms with Gasteiger partial charge in [0.25, 0.3) is 0 Å². The molecule has 0 radical (unpaired) electrons. The van der Waals surface area contributed by atoms with Crippen LogP contribution in [0.1, 0.15) is 18.5 Å². The molecule has 5 nitrogen and oxygen atoms in total. The Morgan fingerprint density at radius 3 is 2.75 bits per heavy atom. The van der Waals surface area contributed by atoms with Crippen LogP contribution in [-0.2, 0) is 13.6 Å². The molecule has 0 saturated heterocycles. The zero-order valence-electron chi connectivity index (χ0n) is 11.6. The van der Waals surface area contributed by atoms with Crippen molar-refractivity contribution in [2.75, 3.05) is 13.6 Å². The number of halogens is 2. The summed E-state index contributed by atoms with van der Waals surface area (Å²) in [6.45, 7) is 0.691. The fourth-order valence-electron chi connectivity index (χ4n) is 2.05. The third-order valence-corrected chi connectivity index (χ3v) is 4.45. The van der Waals surface area contributed by atoms with Crippen LogP contribution in [0.3, 0.4) is 0 Å². The topological polar surface area (TPSA) is 57.5 Å². The highest BCUT2D eigenvalue weighted by molar-refractivity contribution is 6.41. The lowest BCUT2D eigenvalue weighted by Crippen LogP contribution is -2.41. The molecule has 1 fully saturated rings. The van der Waals surface area contributed by atoms with Gasteiger partial charge in [0.15, 0.2) is 0 Å². The Morgan fingerprint density at radius 1 is 1.60 bits per heavy atom. The minimum atomic E-state index is -0.426. The van der Waals surface area contributed by atoms with Crippen molar-refractivity contribution in [1.82, 2.24) is 14.8 Å². The molecule has 1 heterocycles. The van der Waals surface area contributed by atoms with Crippen LogP contribution in [0.25, 0.3) is 0 Å². The highest BCUT2D eigenvalue weighted by atomic mass is 35.5. The van der Waals surface area contributed by atoms with Crippen LogP contribution in [0.2, 0.25) is 10.2 Å². The minimum Gasteiger partial charge on any atom is -0.391 e. The van der Waals surface area contributed by atoms with E-state index in [2.05, 4.69) is 5.32 Å². The average molecular weight is 320 g/mol. The number of amides is 2. The van der Waals surface area contributed by atoms with Crippen LogP contribution in [-0.4, -0.2) is 40.3 Å². The van der Waals surface area contributed by atoms with Gasteiger partial charge in [-0.3, -0.25) is 0 Å². The number of carbonyl (C=O) groups excluding carboxylic acids is 1. The molecule has 7 heteroatoms. The van der Waals surface area contributed by atoms with Crippen molar-refractivity contribution in [3.8, 4) is 0 Å². The number of aliphatic hydroxyl groups excluding tert-OH is 1. The number of nitrogens with one attached hydrogen (secondary N) is 1. The maximum Gasteiger partial charge on any atom is 0.317 e. The fraction of sp³-hybridized carbons (Fsp3) is 0.615. The van der Waals surface area contributed by atoms with Gasteiger partial charge < -0.3 is 19.9 Å². The summed E-state index contributed by atoms with van der Waals surface area (Å²) >= 11 is 11.9. The van der Waals surface area contributed by atoms with Crippen molar-refractivity contribution < 1.29 is 9.90 Å². The molecule has 20 heavy (non-hydrogen) atoms. The lowest BCUT2D eigenvalue weighted by Gasteiger charge is -2.21. The smallest absolute Gasteiger partial charge is 0.317 e. The Kier molecular flexibility index (Phi) is 4.83. The Bertz CT molecular complexity index is 500. The monoisotopic (exact) mass is 319 g/mol. The molecule has 0 spiro atoms. The molecule has 0 aromatic carbocycles. The largest absolute Gasteiger partial charge is 0.391 e. The number of rotatable bonds is 5. The first-order chi connectivity index (χ1) is 9.40. The summed E-state index contributed by atoms with van der Waals surface area (Å²) in [6, 6.07) is 1.50. The van der Waals surface area contributed by atoms with Crippen molar-refractivity contribution in [2.24, 2.45) is 13.0 Å². The summed E-state index contributed by atoms with van der Waals surface area (Å²) in [5, 5.41) is 13.5. The zero-order chi connectivity index (χ0) is 14.9. The average Bonchev–Trinajstić information content (AvgIpc) is 3.21. The number of aromatic nitrogens is 1. The lowest BCUT2D eigenvalue weighted by molar-refractivity contribution is 0.113. The Hall–Kier alpha value is -0.910. The summed E-state index contributed by atoms with van der Waals surface area (Å²) in [6.07, 6.45) is 1.68. The van der Waals surface area contributed by atoms with Crippen molar-refractivity contribution in [2.45, 2.75) is 25.5 Å². The van der Waals surface area contributed by atoms with Gasteiger partial charge in [-0.2, -0.15) is 0 Å². The Morgan fingerprint density at radius 2 is 2.25 bits per heavy atom. The van der Waals surface area contributed by atoms with E-state index in [1.54, 1.807) is 24.7 Å². The van der Waals surface area contributed by atoms with Crippen molar-refractivity contribution in [1.29, 1.82) is 0 Å². The van der Waals surface area contributed by atoms with Crippen LogP contribution < -0.4 is 5.32 Å². The Balaban J connectivity index is 1.83. The molecule has 1 aromatic rings. The summed E-state index contributed by atoms with van der Waals surface area (Å²) in [5.41, 5.74) is 0.824. The van der Waals surface area contributed by atoms with Crippen molar-refractivity contribution in [3.63, 3.8) is 0 Å². The molecule has 2 amide bonds. The molecule has 1 saturated carbocycles. The first-order valence-electron chi connectivity index (χ1n) is 6.56.